The van der Waals surface area contributed by atoms with Crippen molar-refractivity contribution >= 4 is 38.9 Å². The summed E-state index contributed by atoms with van der Waals surface area (Å²) in [5.74, 6) is -0.415. The van der Waals surface area contributed by atoms with Gasteiger partial charge in [0, 0.05) is 16.5 Å². The molecule has 0 aliphatic carbocycles. The van der Waals surface area contributed by atoms with Crippen LogP contribution in [0.3, 0.4) is 0 Å². The van der Waals surface area contributed by atoms with E-state index in [2.05, 4.69) is 41.7 Å². The molecular formula is C15H17BrN2O2S. The van der Waals surface area contributed by atoms with E-state index in [1.165, 1.54) is 11.3 Å². The first-order valence-electron chi connectivity index (χ1n) is 6.45. The van der Waals surface area contributed by atoms with Gasteiger partial charge < -0.3 is 10.5 Å². The van der Waals surface area contributed by atoms with Crippen LogP contribution in [-0.2, 0) is 16.8 Å². The standard InChI is InChI=1S/C15H17BrN2O2S/c1-15(2,3)11-8-21-12(18-11)7-20-14(19)9-5-4-6-10(17)13(9)16/h4-6,8H,7,17H2,1-3H3. The fourth-order valence-electron chi connectivity index (χ4n) is 1.63. The van der Waals surface area contributed by atoms with Crippen molar-refractivity contribution in [2.75, 3.05) is 5.73 Å². The minimum absolute atomic E-state index is 0.00430. The number of benzene rings is 1. The molecule has 0 spiro atoms. The Morgan fingerprint density at radius 3 is 2.76 bits per heavy atom. The van der Waals surface area contributed by atoms with Gasteiger partial charge in [0.2, 0.25) is 0 Å². The smallest absolute Gasteiger partial charge is 0.339 e. The number of aromatic nitrogens is 1. The molecule has 21 heavy (non-hydrogen) atoms. The lowest BCUT2D eigenvalue weighted by Crippen LogP contribution is -2.12. The number of anilines is 1. The number of nitrogens with zero attached hydrogens (tertiary/aromatic N) is 1. The van der Waals surface area contributed by atoms with Gasteiger partial charge in [0.25, 0.3) is 0 Å². The average Bonchev–Trinajstić information content (AvgIpc) is 2.88. The molecule has 0 bridgehead atoms. The molecule has 1 aromatic heterocycles. The molecule has 0 saturated heterocycles. The van der Waals surface area contributed by atoms with Gasteiger partial charge in [-0.1, -0.05) is 26.8 Å². The summed E-state index contributed by atoms with van der Waals surface area (Å²) in [5, 5.41) is 2.79. The zero-order valence-electron chi connectivity index (χ0n) is 12.1. The zero-order valence-corrected chi connectivity index (χ0v) is 14.5. The van der Waals surface area contributed by atoms with Crippen LogP contribution in [0.1, 0.15) is 41.8 Å². The molecule has 1 aromatic carbocycles. The Balaban J connectivity index is 2.05. The summed E-state index contributed by atoms with van der Waals surface area (Å²) in [6.45, 7) is 6.46. The highest BCUT2D eigenvalue weighted by Gasteiger charge is 2.18. The summed E-state index contributed by atoms with van der Waals surface area (Å²) >= 11 is 4.79. The molecule has 1 heterocycles. The number of hydrogen-bond donors (Lipinski definition) is 1. The quantitative estimate of drug-likeness (QED) is 0.652. The third kappa shape index (κ3) is 3.83. The Kier molecular flexibility index (Phi) is 4.68. The normalized spacial score (nSPS) is 11.4. The van der Waals surface area contributed by atoms with E-state index < -0.39 is 5.97 Å². The maximum atomic E-state index is 12.1. The number of thiazole rings is 1. The second-order valence-electron chi connectivity index (χ2n) is 5.66. The van der Waals surface area contributed by atoms with Crippen molar-refractivity contribution in [2.24, 2.45) is 0 Å². The lowest BCUT2D eigenvalue weighted by Gasteiger charge is -2.14. The predicted octanol–water partition coefficient (Wildman–Crippen LogP) is 4.14. The van der Waals surface area contributed by atoms with E-state index in [4.69, 9.17) is 10.5 Å². The Labute approximate surface area is 136 Å². The third-order valence-electron chi connectivity index (χ3n) is 2.90. The minimum atomic E-state index is -0.415. The highest BCUT2D eigenvalue weighted by atomic mass is 79.9. The summed E-state index contributed by atoms with van der Waals surface area (Å²) in [6.07, 6.45) is 0. The first-order chi connectivity index (χ1) is 9.79. The highest BCUT2D eigenvalue weighted by molar-refractivity contribution is 9.10. The predicted molar refractivity (Wildman–Crippen MR) is 88.5 cm³/mol. The van der Waals surface area contributed by atoms with Crippen LogP contribution < -0.4 is 5.73 Å². The first-order valence-corrected chi connectivity index (χ1v) is 8.12. The second-order valence-corrected chi connectivity index (χ2v) is 7.40. The van der Waals surface area contributed by atoms with E-state index >= 15 is 0 Å². The monoisotopic (exact) mass is 368 g/mol. The van der Waals surface area contributed by atoms with E-state index in [1.54, 1.807) is 18.2 Å². The van der Waals surface area contributed by atoms with Crippen LogP contribution in [0, 0.1) is 0 Å². The Morgan fingerprint density at radius 2 is 2.14 bits per heavy atom. The molecule has 0 radical (unpaired) electrons. The number of nitrogen functional groups attached to an aromatic ring is 1. The maximum Gasteiger partial charge on any atom is 0.339 e. The van der Waals surface area contributed by atoms with Crippen molar-refractivity contribution in [1.29, 1.82) is 0 Å². The summed E-state index contributed by atoms with van der Waals surface area (Å²) in [4.78, 5) is 16.6. The summed E-state index contributed by atoms with van der Waals surface area (Å²) in [6, 6.07) is 5.11. The number of carbonyl (C=O) groups excluding carboxylic acids is 1. The summed E-state index contributed by atoms with van der Waals surface area (Å²) < 4.78 is 5.86. The number of rotatable bonds is 3. The van der Waals surface area contributed by atoms with Crippen LogP contribution in [0.15, 0.2) is 28.1 Å². The van der Waals surface area contributed by atoms with Gasteiger partial charge >= 0.3 is 5.97 Å². The molecule has 2 N–H and O–H groups in total. The fraction of sp³-hybridized carbons (Fsp3) is 0.333. The van der Waals surface area contributed by atoms with Crippen LogP contribution in [0.2, 0.25) is 0 Å². The molecule has 2 aromatic rings. The molecule has 0 amide bonds. The van der Waals surface area contributed by atoms with Crippen LogP contribution in [-0.4, -0.2) is 11.0 Å². The zero-order chi connectivity index (χ0) is 15.6. The van der Waals surface area contributed by atoms with Gasteiger partial charge in [0.1, 0.15) is 11.6 Å². The number of carbonyl (C=O) groups is 1. The summed E-state index contributed by atoms with van der Waals surface area (Å²) in [7, 11) is 0. The average molecular weight is 369 g/mol. The highest BCUT2D eigenvalue weighted by Crippen LogP contribution is 2.26. The van der Waals surface area contributed by atoms with E-state index in [1.807, 2.05) is 5.38 Å². The van der Waals surface area contributed by atoms with E-state index in [0.29, 0.717) is 15.7 Å². The number of ether oxygens (including phenoxy) is 1. The third-order valence-corrected chi connectivity index (χ3v) is 4.60. The van der Waals surface area contributed by atoms with Crippen molar-refractivity contribution in [3.8, 4) is 0 Å². The Morgan fingerprint density at radius 1 is 1.43 bits per heavy atom. The first kappa shape index (κ1) is 16.0. The maximum absolute atomic E-state index is 12.1. The number of esters is 1. The van der Waals surface area contributed by atoms with Gasteiger partial charge in [-0.15, -0.1) is 11.3 Å². The van der Waals surface area contributed by atoms with Crippen LogP contribution in [0.5, 0.6) is 0 Å². The summed E-state index contributed by atoms with van der Waals surface area (Å²) in [5.41, 5.74) is 7.68. The van der Waals surface area contributed by atoms with E-state index in [0.717, 1.165) is 10.7 Å². The second kappa shape index (κ2) is 6.15. The fourth-order valence-corrected chi connectivity index (χ4v) is 2.99. The lowest BCUT2D eigenvalue weighted by molar-refractivity contribution is 0.0471. The van der Waals surface area contributed by atoms with E-state index in [-0.39, 0.29) is 12.0 Å². The van der Waals surface area contributed by atoms with Crippen molar-refractivity contribution in [3.63, 3.8) is 0 Å². The number of hydrogen-bond acceptors (Lipinski definition) is 5. The number of nitrogens with two attached hydrogens (primary N) is 1. The lowest BCUT2D eigenvalue weighted by atomic mass is 9.93. The van der Waals surface area contributed by atoms with Crippen LogP contribution >= 0.6 is 27.3 Å². The van der Waals surface area contributed by atoms with E-state index in [9.17, 15) is 4.79 Å². The van der Waals surface area contributed by atoms with Gasteiger partial charge in [-0.05, 0) is 28.1 Å². The molecular weight excluding hydrogens is 352 g/mol. The van der Waals surface area contributed by atoms with Crippen molar-refractivity contribution in [3.05, 3.63) is 44.3 Å². The minimum Gasteiger partial charge on any atom is -0.455 e. The molecule has 2 rings (SSSR count). The van der Waals surface area contributed by atoms with Crippen molar-refractivity contribution < 1.29 is 9.53 Å². The molecule has 0 aliphatic rings. The molecule has 0 unspecified atom stereocenters. The Hall–Kier alpha value is -1.40. The van der Waals surface area contributed by atoms with Gasteiger partial charge in [-0.25, -0.2) is 9.78 Å². The van der Waals surface area contributed by atoms with Crippen LogP contribution in [0.4, 0.5) is 5.69 Å². The van der Waals surface area contributed by atoms with Crippen molar-refractivity contribution in [2.45, 2.75) is 32.8 Å². The topological polar surface area (TPSA) is 65.2 Å². The van der Waals surface area contributed by atoms with Crippen LogP contribution in [0.25, 0.3) is 0 Å². The number of halogens is 1. The molecule has 0 aliphatic heterocycles. The van der Waals surface area contributed by atoms with Gasteiger partial charge in [0.05, 0.1) is 15.7 Å². The molecule has 4 nitrogen and oxygen atoms in total. The van der Waals surface area contributed by atoms with Gasteiger partial charge in [0.15, 0.2) is 0 Å². The van der Waals surface area contributed by atoms with Crippen molar-refractivity contribution in [1.82, 2.24) is 4.98 Å². The molecule has 112 valence electrons. The Bertz CT molecular complexity index is 662. The molecule has 0 saturated carbocycles. The molecule has 0 fully saturated rings. The largest absolute Gasteiger partial charge is 0.455 e. The molecule has 0 atom stereocenters. The van der Waals surface area contributed by atoms with Gasteiger partial charge in [-0.3, -0.25) is 0 Å². The molecule has 6 heteroatoms. The SMILES string of the molecule is CC(C)(C)c1csc(COC(=O)c2cccc(N)c2Br)n1. The van der Waals surface area contributed by atoms with Gasteiger partial charge in [-0.2, -0.15) is 0 Å².